The van der Waals surface area contributed by atoms with Gasteiger partial charge in [-0.05, 0) is 13.0 Å². The molecule has 1 aliphatic rings. The van der Waals surface area contributed by atoms with E-state index in [1.165, 1.54) is 6.07 Å². The zero-order valence-corrected chi connectivity index (χ0v) is 10.2. The molecule has 1 aromatic carbocycles. The topological polar surface area (TPSA) is 84.6 Å². The number of aliphatic hydroxyl groups is 1. The molecule has 0 amide bonds. The standard InChI is InChI=1S/C12H16N2O4/c1-9-2-3-10(6-11(9)14(16)17)13-7-12(15)4-5-18-8-12/h2-3,6,13,15H,4-5,7-8H2,1H3. The molecule has 1 heterocycles. The Bertz CT molecular complexity index is 455. The Kier molecular flexibility index (Phi) is 3.49. The lowest BCUT2D eigenvalue weighted by Crippen LogP contribution is -2.37. The number of nitro benzene ring substituents is 1. The maximum Gasteiger partial charge on any atom is 0.274 e. The molecular weight excluding hydrogens is 236 g/mol. The van der Waals surface area contributed by atoms with Gasteiger partial charge in [-0.15, -0.1) is 0 Å². The molecule has 0 aromatic heterocycles. The molecule has 1 atom stereocenters. The highest BCUT2D eigenvalue weighted by atomic mass is 16.6. The van der Waals surface area contributed by atoms with E-state index in [0.29, 0.717) is 37.4 Å². The summed E-state index contributed by atoms with van der Waals surface area (Å²) in [5.41, 5.74) is 0.454. The van der Waals surface area contributed by atoms with Crippen molar-refractivity contribution in [3.8, 4) is 0 Å². The number of nitrogens with zero attached hydrogens (tertiary/aromatic N) is 1. The summed E-state index contributed by atoms with van der Waals surface area (Å²) in [5, 5.41) is 23.9. The monoisotopic (exact) mass is 252 g/mol. The van der Waals surface area contributed by atoms with Crippen LogP contribution >= 0.6 is 0 Å². The van der Waals surface area contributed by atoms with Crippen LogP contribution in [0.2, 0.25) is 0 Å². The fraction of sp³-hybridized carbons (Fsp3) is 0.500. The summed E-state index contributed by atoms with van der Waals surface area (Å²) >= 11 is 0. The van der Waals surface area contributed by atoms with Crippen molar-refractivity contribution in [3.63, 3.8) is 0 Å². The lowest BCUT2D eigenvalue weighted by atomic mass is 10.0. The van der Waals surface area contributed by atoms with Gasteiger partial charge in [0.1, 0.15) is 5.60 Å². The van der Waals surface area contributed by atoms with Crippen molar-refractivity contribution in [1.82, 2.24) is 0 Å². The van der Waals surface area contributed by atoms with Crippen LogP contribution in [0.3, 0.4) is 0 Å². The molecule has 0 spiro atoms. The largest absolute Gasteiger partial charge is 0.386 e. The Morgan fingerprint density at radius 1 is 1.61 bits per heavy atom. The number of nitro groups is 1. The number of hydrogen-bond acceptors (Lipinski definition) is 5. The second-order valence-electron chi connectivity index (χ2n) is 4.64. The second kappa shape index (κ2) is 4.91. The van der Waals surface area contributed by atoms with Gasteiger partial charge in [0.2, 0.25) is 0 Å². The molecule has 0 radical (unpaired) electrons. The quantitative estimate of drug-likeness (QED) is 0.626. The fourth-order valence-corrected chi connectivity index (χ4v) is 1.92. The highest BCUT2D eigenvalue weighted by molar-refractivity contribution is 5.55. The van der Waals surface area contributed by atoms with Crippen LogP contribution in [-0.4, -0.2) is 35.4 Å². The first-order chi connectivity index (χ1) is 8.50. The molecule has 2 N–H and O–H groups in total. The van der Waals surface area contributed by atoms with Crippen molar-refractivity contribution in [3.05, 3.63) is 33.9 Å². The smallest absolute Gasteiger partial charge is 0.274 e. The molecule has 6 nitrogen and oxygen atoms in total. The SMILES string of the molecule is Cc1ccc(NCC2(O)CCOC2)cc1[N+](=O)[O-]. The third-order valence-electron chi connectivity index (χ3n) is 3.11. The van der Waals surface area contributed by atoms with Gasteiger partial charge < -0.3 is 15.2 Å². The van der Waals surface area contributed by atoms with E-state index in [1.807, 2.05) is 0 Å². The summed E-state index contributed by atoms with van der Waals surface area (Å²) in [5.74, 6) is 0. The van der Waals surface area contributed by atoms with Crippen LogP contribution in [0, 0.1) is 17.0 Å². The Morgan fingerprint density at radius 3 is 3.00 bits per heavy atom. The van der Waals surface area contributed by atoms with Crippen LogP contribution in [0.4, 0.5) is 11.4 Å². The average molecular weight is 252 g/mol. The number of ether oxygens (including phenoxy) is 1. The summed E-state index contributed by atoms with van der Waals surface area (Å²) in [4.78, 5) is 10.4. The predicted octanol–water partition coefficient (Wildman–Crippen LogP) is 1.47. The van der Waals surface area contributed by atoms with Crippen molar-refractivity contribution in [2.45, 2.75) is 18.9 Å². The molecule has 1 aromatic rings. The zero-order valence-electron chi connectivity index (χ0n) is 10.2. The van der Waals surface area contributed by atoms with E-state index >= 15 is 0 Å². The minimum atomic E-state index is -0.875. The minimum absolute atomic E-state index is 0.0784. The summed E-state index contributed by atoms with van der Waals surface area (Å²) in [6.45, 7) is 2.87. The Hall–Kier alpha value is -1.66. The molecule has 98 valence electrons. The number of benzene rings is 1. The predicted molar refractivity (Wildman–Crippen MR) is 66.7 cm³/mol. The summed E-state index contributed by atoms with van der Waals surface area (Å²) in [6, 6.07) is 4.94. The van der Waals surface area contributed by atoms with Crippen LogP contribution in [0.1, 0.15) is 12.0 Å². The van der Waals surface area contributed by atoms with E-state index < -0.39 is 10.5 Å². The number of hydrogen-bond donors (Lipinski definition) is 2. The van der Waals surface area contributed by atoms with E-state index in [9.17, 15) is 15.2 Å². The van der Waals surface area contributed by atoms with Gasteiger partial charge >= 0.3 is 0 Å². The van der Waals surface area contributed by atoms with Crippen LogP contribution in [0.25, 0.3) is 0 Å². The molecule has 0 aliphatic carbocycles. The number of rotatable bonds is 4. The molecule has 1 aliphatic heterocycles. The third-order valence-corrected chi connectivity index (χ3v) is 3.11. The Balaban J connectivity index is 2.05. The molecule has 1 fully saturated rings. The third kappa shape index (κ3) is 2.77. The maximum absolute atomic E-state index is 10.8. The Morgan fingerprint density at radius 2 is 2.39 bits per heavy atom. The summed E-state index contributed by atoms with van der Waals surface area (Å²) < 4.78 is 5.13. The molecule has 0 saturated carbocycles. The first-order valence-corrected chi connectivity index (χ1v) is 5.79. The fourth-order valence-electron chi connectivity index (χ4n) is 1.92. The van der Waals surface area contributed by atoms with Gasteiger partial charge in [-0.1, -0.05) is 6.07 Å². The minimum Gasteiger partial charge on any atom is -0.386 e. The zero-order chi connectivity index (χ0) is 13.2. The number of nitrogens with one attached hydrogen (secondary N) is 1. The van der Waals surface area contributed by atoms with Gasteiger partial charge in [-0.25, -0.2) is 0 Å². The van der Waals surface area contributed by atoms with Gasteiger partial charge in [-0.3, -0.25) is 10.1 Å². The van der Waals surface area contributed by atoms with Gasteiger partial charge in [0, 0.05) is 36.9 Å². The summed E-state index contributed by atoms with van der Waals surface area (Å²) in [7, 11) is 0. The van der Waals surface area contributed by atoms with Gasteiger partial charge in [0.05, 0.1) is 11.5 Å². The normalized spacial score (nSPS) is 23.0. The summed E-state index contributed by atoms with van der Waals surface area (Å²) in [6.07, 6.45) is 0.577. The van der Waals surface area contributed by atoms with E-state index in [-0.39, 0.29) is 5.69 Å². The molecule has 2 rings (SSSR count). The lowest BCUT2D eigenvalue weighted by molar-refractivity contribution is -0.385. The highest BCUT2D eigenvalue weighted by Crippen LogP contribution is 2.24. The highest BCUT2D eigenvalue weighted by Gasteiger charge is 2.31. The Labute approximate surface area is 105 Å². The van der Waals surface area contributed by atoms with Crippen LogP contribution in [0.5, 0.6) is 0 Å². The second-order valence-corrected chi connectivity index (χ2v) is 4.64. The van der Waals surface area contributed by atoms with Crippen molar-refractivity contribution < 1.29 is 14.8 Å². The first-order valence-electron chi connectivity index (χ1n) is 5.79. The van der Waals surface area contributed by atoms with Crippen LogP contribution < -0.4 is 5.32 Å². The van der Waals surface area contributed by atoms with Crippen molar-refractivity contribution in [1.29, 1.82) is 0 Å². The average Bonchev–Trinajstić information content (AvgIpc) is 2.75. The lowest BCUT2D eigenvalue weighted by Gasteiger charge is -2.21. The van der Waals surface area contributed by atoms with Gasteiger partial charge in [0.15, 0.2) is 0 Å². The van der Waals surface area contributed by atoms with Crippen LogP contribution in [-0.2, 0) is 4.74 Å². The number of anilines is 1. The van der Waals surface area contributed by atoms with Crippen molar-refractivity contribution in [2.24, 2.45) is 0 Å². The molecule has 6 heteroatoms. The van der Waals surface area contributed by atoms with Gasteiger partial charge in [0.25, 0.3) is 5.69 Å². The molecular formula is C12H16N2O4. The van der Waals surface area contributed by atoms with E-state index in [0.717, 1.165) is 0 Å². The van der Waals surface area contributed by atoms with E-state index in [4.69, 9.17) is 4.74 Å². The van der Waals surface area contributed by atoms with Gasteiger partial charge in [-0.2, -0.15) is 0 Å². The molecule has 18 heavy (non-hydrogen) atoms. The maximum atomic E-state index is 10.8. The van der Waals surface area contributed by atoms with Crippen LogP contribution in [0.15, 0.2) is 18.2 Å². The molecule has 1 unspecified atom stereocenters. The van der Waals surface area contributed by atoms with E-state index in [1.54, 1.807) is 19.1 Å². The first kappa shape index (κ1) is 12.8. The number of aryl methyl sites for hydroxylation is 1. The molecule has 0 bridgehead atoms. The van der Waals surface area contributed by atoms with Crippen molar-refractivity contribution in [2.75, 3.05) is 25.1 Å². The molecule has 1 saturated heterocycles. The van der Waals surface area contributed by atoms with E-state index in [2.05, 4.69) is 5.32 Å². The van der Waals surface area contributed by atoms with Crippen molar-refractivity contribution >= 4 is 11.4 Å².